The lowest BCUT2D eigenvalue weighted by atomic mass is 9.88. The molecule has 1 aliphatic heterocycles. The van der Waals surface area contributed by atoms with Gasteiger partial charge >= 0.3 is 5.69 Å². The molecule has 4 rings (SSSR count). The lowest BCUT2D eigenvalue weighted by Gasteiger charge is -2.38. The fourth-order valence-corrected chi connectivity index (χ4v) is 3.90. The third kappa shape index (κ3) is 3.78. The summed E-state index contributed by atoms with van der Waals surface area (Å²) in [5.74, 6) is 1.74. The first kappa shape index (κ1) is 19.7. The molecule has 2 N–H and O–H groups in total. The number of pyridine rings is 1. The van der Waals surface area contributed by atoms with Crippen LogP contribution in [0.1, 0.15) is 35.0 Å². The van der Waals surface area contributed by atoms with E-state index in [1.165, 1.54) is 0 Å². The van der Waals surface area contributed by atoms with Crippen molar-refractivity contribution in [2.45, 2.75) is 25.3 Å². The maximum Gasteiger partial charge on any atom is 0.340 e. The lowest BCUT2D eigenvalue weighted by Crippen LogP contribution is -2.40. The summed E-state index contributed by atoms with van der Waals surface area (Å²) < 4.78 is 11.0. The first-order chi connectivity index (χ1) is 14.6. The summed E-state index contributed by atoms with van der Waals surface area (Å²) in [5.41, 5.74) is 2.65. The molecule has 30 heavy (non-hydrogen) atoms. The molecular weight excluding hydrogens is 386 g/mol. The molecule has 1 aromatic carbocycles. The standard InChI is InChI=1S/C21H23N5O4/c1-29-16-10-13-7-9-26(19(27)6-5-18-23-21(28)25-24-18)20(14-4-3-8-22-12-14)15(13)11-17(16)30-2/h3-4,8,10-12,20H,5-7,9H2,1-2H3,(H2,23,24,25,28). The summed E-state index contributed by atoms with van der Waals surface area (Å²) in [5, 5.41) is 6.21. The van der Waals surface area contributed by atoms with Gasteiger partial charge in [-0.3, -0.25) is 14.8 Å². The van der Waals surface area contributed by atoms with Crippen molar-refractivity contribution in [1.82, 2.24) is 25.1 Å². The zero-order valence-electron chi connectivity index (χ0n) is 16.8. The third-order valence-electron chi connectivity index (χ3n) is 5.32. The van der Waals surface area contributed by atoms with Crippen molar-refractivity contribution in [3.63, 3.8) is 0 Å². The minimum absolute atomic E-state index is 0.0202. The van der Waals surface area contributed by atoms with Crippen LogP contribution in [-0.4, -0.2) is 51.7 Å². The number of aromatic nitrogens is 4. The summed E-state index contributed by atoms with van der Waals surface area (Å²) in [6.45, 7) is 0.567. The van der Waals surface area contributed by atoms with Crippen LogP contribution < -0.4 is 15.2 Å². The Bertz CT molecular complexity index is 1090. The molecule has 9 nitrogen and oxygen atoms in total. The lowest BCUT2D eigenvalue weighted by molar-refractivity contribution is -0.133. The molecule has 0 spiro atoms. The van der Waals surface area contributed by atoms with Crippen molar-refractivity contribution in [2.75, 3.05) is 20.8 Å². The van der Waals surface area contributed by atoms with Gasteiger partial charge in [0.2, 0.25) is 5.91 Å². The molecule has 3 aromatic rings. The predicted molar refractivity (Wildman–Crippen MR) is 109 cm³/mol. The smallest absolute Gasteiger partial charge is 0.340 e. The Labute approximate surface area is 173 Å². The number of amides is 1. The van der Waals surface area contributed by atoms with E-state index in [4.69, 9.17) is 9.47 Å². The van der Waals surface area contributed by atoms with Crippen molar-refractivity contribution in [3.8, 4) is 11.5 Å². The molecule has 1 atom stereocenters. The number of methoxy groups -OCH3 is 2. The first-order valence-corrected chi connectivity index (χ1v) is 9.68. The summed E-state index contributed by atoms with van der Waals surface area (Å²) in [6.07, 6.45) is 4.79. The Kier molecular flexibility index (Phi) is 5.51. The number of rotatable bonds is 6. The minimum Gasteiger partial charge on any atom is -0.493 e. The molecule has 0 saturated heterocycles. The molecule has 0 bridgehead atoms. The zero-order valence-corrected chi connectivity index (χ0v) is 16.8. The molecule has 9 heteroatoms. The number of aryl methyl sites for hydroxylation is 1. The van der Waals surface area contributed by atoms with Gasteiger partial charge < -0.3 is 14.4 Å². The average molecular weight is 409 g/mol. The van der Waals surface area contributed by atoms with Gasteiger partial charge in [-0.25, -0.2) is 9.89 Å². The van der Waals surface area contributed by atoms with Crippen LogP contribution in [0.15, 0.2) is 41.5 Å². The number of nitrogens with zero attached hydrogens (tertiary/aromatic N) is 3. The predicted octanol–water partition coefficient (Wildman–Crippen LogP) is 1.62. The van der Waals surface area contributed by atoms with Gasteiger partial charge in [0.15, 0.2) is 11.5 Å². The van der Waals surface area contributed by atoms with Crippen molar-refractivity contribution >= 4 is 5.91 Å². The largest absolute Gasteiger partial charge is 0.493 e. The molecule has 1 aliphatic rings. The second kappa shape index (κ2) is 8.40. The second-order valence-corrected chi connectivity index (χ2v) is 7.06. The fraction of sp³-hybridized carbons (Fsp3) is 0.333. The van der Waals surface area contributed by atoms with E-state index in [0.717, 1.165) is 16.7 Å². The van der Waals surface area contributed by atoms with Crippen molar-refractivity contribution < 1.29 is 14.3 Å². The highest BCUT2D eigenvalue weighted by Gasteiger charge is 2.33. The number of fused-ring (bicyclic) bond motifs is 1. The number of aromatic amines is 2. The summed E-state index contributed by atoms with van der Waals surface area (Å²) in [7, 11) is 3.21. The Hall–Kier alpha value is -3.62. The topological polar surface area (TPSA) is 113 Å². The SMILES string of the molecule is COc1cc2c(cc1OC)C(c1cccnc1)N(C(=O)CCc1n[nH]c(=O)[nH]1)CC2. The third-order valence-corrected chi connectivity index (χ3v) is 5.32. The van der Waals surface area contributed by atoms with E-state index in [1.54, 1.807) is 26.6 Å². The van der Waals surface area contributed by atoms with Crippen LogP contribution >= 0.6 is 0 Å². The molecular formula is C21H23N5O4. The molecule has 2 aromatic heterocycles. The van der Waals surface area contributed by atoms with Gasteiger partial charge in [-0.2, -0.15) is 5.10 Å². The van der Waals surface area contributed by atoms with E-state index in [9.17, 15) is 9.59 Å². The van der Waals surface area contributed by atoms with E-state index < -0.39 is 0 Å². The van der Waals surface area contributed by atoms with Crippen LogP contribution in [0.4, 0.5) is 0 Å². The van der Waals surface area contributed by atoms with Crippen molar-refractivity contribution in [3.05, 3.63) is 69.7 Å². The molecule has 0 fully saturated rings. The highest BCUT2D eigenvalue weighted by atomic mass is 16.5. The van der Waals surface area contributed by atoms with Gasteiger partial charge in [-0.15, -0.1) is 0 Å². The molecule has 1 unspecified atom stereocenters. The van der Waals surface area contributed by atoms with E-state index in [1.807, 2.05) is 29.2 Å². The molecule has 0 saturated carbocycles. The van der Waals surface area contributed by atoms with Crippen LogP contribution in [0.5, 0.6) is 11.5 Å². The minimum atomic E-state index is -0.376. The van der Waals surface area contributed by atoms with Crippen LogP contribution in [0.25, 0.3) is 0 Å². The Morgan fingerprint density at radius 1 is 1.27 bits per heavy atom. The number of ether oxygens (including phenoxy) is 2. The van der Waals surface area contributed by atoms with Crippen LogP contribution in [0, 0.1) is 0 Å². The molecule has 156 valence electrons. The molecule has 3 heterocycles. The number of hydrogen-bond acceptors (Lipinski definition) is 6. The van der Waals surface area contributed by atoms with E-state index in [0.29, 0.717) is 36.7 Å². The summed E-state index contributed by atoms with van der Waals surface area (Å²) >= 11 is 0. The number of carbonyl (C=O) groups excluding carboxylic acids is 1. The first-order valence-electron chi connectivity index (χ1n) is 9.68. The maximum atomic E-state index is 13.2. The Morgan fingerprint density at radius 2 is 2.07 bits per heavy atom. The van der Waals surface area contributed by atoms with Crippen molar-refractivity contribution in [1.29, 1.82) is 0 Å². The highest BCUT2D eigenvalue weighted by molar-refractivity contribution is 5.78. The Morgan fingerprint density at radius 3 is 2.73 bits per heavy atom. The fourth-order valence-electron chi connectivity index (χ4n) is 3.90. The van der Waals surface area contributed by atoms with E-state index >= 15 is 0 Å². The Balaban J connectivity index is 1.68. The molecule has 1 amide bonds. The highest BCUT2D eigenvalue weighted by Crippen LogP contribution is 2.41. The number of H-pyrrole nitrogens is 2. The number of nitrogens with one attached hydrogen (secondary N) is 2. The second-order valence-electron chi connectivity index (χ2n) is 7.06. The zero-order chi connectivity index (χ0) is 21.1. The van der Waals surface area contributed by atoms with Gasteiger partial charge in [0, 0.05) is 31.8 Å². The van der Waals surface area contributed by atoms with E-state index in [-0.39, 0.29) is 24.1 Å². The quantitative estimate of drug-likeness (QED) is 0.640. The van der Waals surface area contributed by atoms with Gasteiger partial charge in [-0.05, 0) is 41.3 Å². The summed E-state index contributed by atoms with van der Waals surface area (Å²) in [4.78, 5) is 33.1. The van der Waals surface area contributed by atoms with Crippen molar-refractivity contribution in [2.24, 2.45) is 0 Å². The number of benzene rings is 1. The van der Waals surface area contributed by atoms with Crippen LogP contribution in [0.3, 0.4) is 0 Å². The van der Waals surface area contributed by atoms with Gasteiger partial charge in [0.1, 0.15) is 5.82 Å². The van der Waals surface area contributed by atoms with Crippen LogP contribution in [-0.2, 0) is 17.6 Å². The number of hydrogen-bond donors (Lipinski definition) is 2. The maximum absolute atomic E-state index is 13.2. The molecule has 0 radical (unpaired) electrons. The number of carbonyl (C=O) groups is 1. The van der Waals surface area contributed by atoms with Gasteiger partial charge in [0.25, 0.3) is 0 Å². The van der Waals surface area contributed by atoms with Crippen LogP contribution in [0.2, 0.25) is 0 Å². The van der Waals surface area contributed by atoms with Gasteiger partial charge in [0.05, 0.1) is 20.3 Å². The normalized spacial score (nSPS) is 15.5. The van der Waals surface area contributed by atoms with E-state index in [2.05, 4.69) is 20.2 Å². The molecule has 0 aliphatic carbocycles. The summed E-state index contributed by atoms with van der Waals surface area (Å²) in [6, 6.07) is 7.47. The average Bonchev–Trinajstić information content (AvgIpc) is 3.21. The monoisotopic (exact) mass is 409 g/mol. The van der Waals surface area contributed by atoms with Gasteiger partial charge in [-0.1, -0.05) is 6.07 Å².